The second-order valence-electron chi connectivity index (χ2n) is 16.5. The Labute approximate surface area is 363 Å². The normalized spacial score (nSPS) is 22.2. The number of ether oxygens (including phenoxy) is 6. The van der Waals surface area contributed by atoms with Gasteiger partial charge < -0.3 is 28.4 Å². The van der Waals surface area contributed by atoms with Crippen LogP contribution in [0.5, 0.6) is 0 Å². The Kier molecular flexibility index (Phi) is 13.1. The number of hydrogen-bond donors (Lipinski definition) is 0. The molecule has 1 spiro atoms. The number of carbonyl (C=O) groups excluding carboxylic acids is 1. The van der Waals surface area contributed by atoms with E-state index in [1.165, 1.54) is 4.31 Å². The van der Waals surface area contributed by atoms with Crippen molar-refractivity contribution >= 4 is 32.8 Å². The van der Waals surface area contributed by atoms with E-state index in [4.69, 9.17) is 28.4 Å². The lowest BCUT2D eigenvalue weighted by Gasteiger charge is -2.52. The molecule has 0 aliphatic carbocycles. The summed E-state index contributed by atoms with van der Waals surface area (Å²) < 4.78 is 73.0. The number of nitrogens with zero attached hydrogens (tertiary/aromatic N) is 2. The monoisotopic (exact) mass is 856 g/mol. The van der Waals surface area contributed by atoms with E-state index in [0.717, 1.165) is 37.3 Å². The van der Waals surface area contributed by atoms with Gasteiger partial charge in [0.05, 0.1) is 45.3 Å². The molecular weight excluding hydrogens is 805 g/mol. The van der Waals surface area contributed by atoms with Crippen LogP contribution >= 0.6 is 0 Å². The van der Waals surface area contributed by atoms with E-state index in [1.54, 1.807) is 32.9 Å². The van der Waals surface area contributed by atoms with Gasteiger partial charge in [0.15, 0.2) is 0 Å². The van der Waals surface area contributed by atoms with Crippen molar-refractivity contribution in [3.05, 3.63) is 186 Å². The Balaban J connectivity index is 1.29. The van der Waals surface area contributed by atoms with Gasteiger partial charge in [-0.2, -0.15) is 12.7 Å². The van der Waals surface area contributed by atoms with E-state index in [9.17, 15) is 4.79 Å². The number of rotatable bonds is 14. The standard InChI is InChI=1S/C50H52N2O9S/c1-49(2,3)61-48(53)52-50(36-51(62(52,54)55)43-29-28-41-26-16-17-27-42(41)30-43)47(59-34-40-24-14-7-15-25-40)46(58-33-39-22-12-6-13-23-39)45(57-32-38-20-10-5-11-21-38)44(60-50)35-56-31-37-18-8-4-9-19-37/h4-30,44-47H,31-36H2,1-3H3/t44-,45-,46+,47-,50+/m1/s1. The smallest absolute Gasteiger partial charge is 0.428 e. The van der Waals surface area contributed by atoms with Crippen molar-refractivity contribution in [2.24, 2.45) is 0 Å². The maximum absolute atomic E-state index is 15.3. The first kappa shape index (κ1) is 43.1. The zero-order chi connectivity index (χ0) is 43.2. The molecular formula is C50H52N2O9S. The summed E-state index contributed by atoms with van der Waals surface area (Å²) in [4.78, 5) is 14.8. The second-order valence-corrected chi connectivity index (χ2v) is 18.2. The van der Waals surface area contributed by atoms with Crippen molar-refractivity contribution in [2.75, 3.05) is 17.5 Å². The zero-order valence-corrected chi connectivity index (χ0v) is 35.9. The molecule has 11 nitrogen and oxygen atoms in total. The van der Waals surface area contributed by atoms with Crippen LogP contribution in [0.25, 0.3) is 10.8 Å². The number of carbonyl (C=O) groups is 1. The van der Waals surface area contributed by atoms with E-state index in [1.807, 2.05) is 152 Å². The van der Waals surface area contributed by atoms with E-state index in [-0.39, 0.29) is 39.6 Å². The van der Waals surface area contributed by atoms with Gasteiger partial charge in [-0.25, -0.2) is 9.10 Å². The molecule has 322 valence electrons. The molecule has 2 heterocycles. The lowest BCUT2D eigenvalue weighted by molar-refractivity contribution is -0.323. The third-order valence-corrected chi connectivity index (χ3v) is 12.6. The van der Waals surface area contributed by atoms with Gasteiger partial charge in [-0.1, -0.05) is 152 Å². The van der Waals surface area contributed by atoms with Crippen molar-refractivity contribution < 1.29 is 41.6 Å². The fourth-order valence-electron chi connectivity index (χ4n) is 7.98. The summed E-state index contributed by atoms with van der Waals surface area (Å²) in [5.41, 5.74) is 0.701. The van der Waals surface area contributed by atoms with Gasteiger partial charge in [0.25, 0.3) is 0 Å². The Hall–Kier alpha value is -5.60. The summed E-state index contributed by atoms with van der Waals surface area (Å²) in [6.07, 6.45) is -5.30. The maximum Gasteiger partial charge on any atom is 0.428 e. The summed E-state index contributed by atoms with van der Waals surface area (Å²) in [6, 6.07) is 51.7. The molecule has 0 radical (unpaired) electrons. The Morgan fingerprint density at radius 2 is 1.11 bits per heavy atom. The van der Waals surface area contributed by atoms with Crippen molar-refractivity contribution in [2.45, 2.75) is 82.9 Å². The largest absolute Gasteiger partial charge is 0.443 e. The van der Waals surface area contributed by atoms with Gasteiger partial charge in [0.1, 0.15) is 30.0 Å². The molecule has 0 unspecified atom stereocenters. The summed E-state index contributed by atoms with van der Waals surface area (Å²) >= 11 is 0. The van der Waals surface area contributed by atoms with Crippen molar-refractivity contribution in [3.8, 4) is 0 Å². The van der Waals surface area contributed by atoms with E-state index in [0.29, 0.717) is 5.69 Å². The Morgan fingerprint density at radius 3 is 1.66 bits per heavy atom. The molecule has 2 saturated heterocycles. The number of hydrogen-bond acceptors (Lipinski definition) is 9. The van der Waals surface area contributed by atoms with E-state index < -0.39 is 52.0 Å². The predicted molar refractivity (Wildman–Crippen MR) is 237 cm³/mol. The molecule has 62 heavy (non-hydrogen) atoms. The number of benzene rings is 6. The first-order chi connectivity index (χ1) is 30.0. The molecule has 0 bridgehead atoms. The third kappa shape index (κ3) is 9.71. The molecule has 2 aliphatic heterocycles. The van der Waals surface area contributed by atoms with Gasteiger partial charge in [0, 0.05) is 0 Å². The van der Waals surface area contributed by atoms with Crippen molar-refractivity contribution in [1.29, 1.82) is 0 Å². The SMILES string of the molecule is CC(C)(C)OC(=O)N1[C@@]2(CN(c3ccc4ccccc4c3)S1(=O)=O)O[C@H](COCc1ccccc1)[C@@H](OCc1ccccc1)[C@H](OCc1ccccc1)[C@H]2OCc1ccccc1. The van der Waals surface area contributed by atoms with Crippen LogP contribution in [0.15, 0.2) is 164 Å². The summed E-state index contributed by atoms with van der Waals surface area (Å²) in [5.74, 6) is 0. The quantitative estimate of drug-likeness (QED) is 0.106. The third-order valence-electron chi connectivity index (χ3n) is 10.8. The van der Waals surface area contributed by atoms with Crippen LogP contribution in [0, 0.1) is 0 Å². The fourth-order valence-corrected chi connectivity index (χ4v) is 9.73. The molecule has 6 aromatic rings. The minimum absolute atomic E-state index is 0.0283. The molecule has 0 aromatic heterocycles. The van der Waals surface area contributed by atoms with Crippen LogP contribution in [-0.2, 0) is 65.1 Å². The summed E-state index contributed by atoms with van der Waals surface area (Å²) in [7, 11) is -4.75. The highest BCUT2D eigenvalue weighted by Gasteiger charge is 2.70. The van der Waals surface area contributed by atoms with Gasteiger partial charge in [-0.05, 0) is 65.9 Å². The molecule has 8 rings (SSSR count). The molecule has 2 aliphatic rings. The maximum atomic E-state index is 15.3. The molecule has 0 N–H and O–H groups in total. The Bertz CT molecular complexity index is 2510. The number of amides is 1. The van der Waals surface area contributed by atoms with Gasteiger partial charge in [-0.15, -0.1) is 0 Å². The average Bonchev–Trinajstić information content (AvgIpc) is 3.51. The van der Waals surface area contributed by atoms with Crippen LogP contribution in [0.3, 0.4) is 0 Å². The predicted octanol–water partition coefficient (Wildman–Crippen LogP) is 9.21. The first-order valence-corrected chi connectivity index (χ1v) is 22.2. The molecule has 5 atom stereocenters. The highest BCUT2D eigenvalue weighted by molar-refractivity contribution is 7.91. The summed E-state index contributed by atoms with van der Waals surface area (Å²) in [5, 5.41) is 1.74. The molecule has 2 fully saturated rings. The summed E-state index contributed by atoms with van der Waals surface area (Å²) in [6.45, 7) is 5.20. The van der Waals surface area contributed by atoms with Crippen molar-refractivity contribution in [3.63, 3.8) is 0 Å². The van der Waals surface area contributed by atoms with Crippen LogP contribution < -0.4 is 4.31 Å². The van der Waals surface area contributed by atoms with Gasteiger partial charge in [0.2, 0.25) is 5.72 Å². The van der Waals surface area contributed by atoms with Crippen LogP contribution in [0.1, 0.15) is 43.0 Å². The van der Waals surface area contributed by atoms with Crippen molar-refractivity contribution in [1.82, 2.24) is 4.31 Å². The Morgan fingerprint density at radius 1 is 0.629 bits per heavy atom. The number of anilines is 1. The minimum Gasteiger partial charge on any atom is -0.443 e. The minimum atomic E-state index is -4.75. The average molecular weight is 857 g/mol. The van der Waals surface area contributed by atoms with E-state index >= 15 is 8.42 Å². The van der Waals surface area contributed by atoms with Crippen LogP contribution in [0.2, 0.25) is 0 Å². The topological polar surface area (TPSA) is 113 Å². The molecule has 1 amide bonds. The second kappa shape index (κ2) is 18.8. The zero-order valence-electron chi connectivity index (χ0n) is 35.1. The molecule has 12 heteroatoms. The fraction of sp³-hybridized carbons (Fsp3) is 0.300. The van der Waals surface area contributed by atoms with Gasteiger partial charge >= 0.3 is 16.3 Å². The first-order valence-electron chi connectivity index (χ1n) is 20.8. The highest BCUT2D eigenvalue weighted by Crippen LogP contribution is 2.47. The van der Waals surface area contributed by atoms with Crippen LogP contribution in [-0.4, -0.2) is 67.7 Å². The number of fused-ring (bicyclic) bond motifs is 1. The lowest BCUT2D eigenvalue weighted by atomic mass is 9.89. The molecule has 6 aromatic carbocycles. The highest BCUT2D eigenvalue weighted by atomic mass is 32.2. The van der Waals surface area contributed by atoms with Crippen LogP contribution in [0.4, 0.5) is 10.5 Å². The molecule has 0 saturated carbocycles. The van der Waals surface area contributed by atoms with E-state index in [2.05, 4.69) is 0 Å². The van der Waals surface area contributed by atoms with Gasteiger partial charge in [-0.3, -0.25) is 0 Å². The lowest BCUT2D eigenvalue weighted by Crippen LogP contribution is -2.73.